The number of amides is 1. The summed E-state index contributed by atoms with van der Waals surface area (Å²) in [4.78, 5) is 12.6. The summed E-state index contributed by atoms with van der Waals surface area (Å²) in [5, 5.41) is 15.5. The lowest BCUT2D eigenvalue weighted by Gasteiger charge is -2.08. The lowest BCUT2D eigenvalue weighted by Crippen LogP contribution is -2.20. The summed E-state index contributed by atoms with van der Waals surface area (Å²) in [5.74, 6) is -0.500. The van der Waals surface area contributed by atoms with Crippen LogP contribution in [0.5, 0.6) is 0 Å². The van der Waals surface area contributed by atoms with Crippen LogP contribution in [0.25, 0.3) is 11.0 Å². The van der Waals surface area contributed by atoms with Gasteiger partial charge in [-0.3, -0.25) is 9.48 Å². The number of halogens is 1. The molecule has 2 heterocycles. The first-order chi connectivity index (χ1) is 13.5. The van der Waals surface area contributed by atoms with E-state index in [0.717, 1.165) is 22.3 Å². The van der Waals surface area contributed by atoms with E-state index >= 15 is 0 Å². The van der Waals surface area contributed by atoms with Crippen LogP contribution < -0.4 is 5.32 Å². The van der Waals surface area contributed by atoms with Crippen molar-refractivity contribution in [3.63, 3.8) is 0 Å². The summed E-state index contributed by atoms with van der Waals surface area (Å²) in [6, 6.07) is 13.9. The number of para-hydroxylation sites is 1. The van der Waals surface area contributed by atoms with Crippen LogP contribution in [0.4, 0.5) is 10.1 Å². The summed E-state index contributed by atoms with van der Waals surface area (Å²) in [6.45, 7) is 4.18. The fourth-order valence-corrected chi connectivity index (χ4v) is 3.19. The van der Waals surface area contributed by atoms with E-state index in [0.29, 0.717) is 17.9 Å². The maximum atomic E-state index is 13.4. The number of aryl methyl sites for hydroxylation is 1. The third kappa shape index (κ3) is 3.48. The molecule has 0 bridgehead atoms. The number of aromatic nitrogens is 5. The molecule has 28 heavy (non-hydrogen) atoms. The average molecular weight is 378 g/mol. The van der Waals surface area contributed by atoms with E-state index in [9.17, 15) is 9.18 Å². The predicted molar refractivity (Wildman–Crippen MR) is 103 cm³/mol. The Balaban J connectivity index is 1.51. The molecule has 0 aliphatic heterocycles. The number of nitrogens with zero attached hydrogens (tertiary/aromatic N) is 5. The monoisotopic (exact) mass is 378 g/mol. The molecule has 1 N–H and O–H groups in total. The van der Waals surface area contributed by atoms with Crippen LogP contribution in [0.1, 0.15) is 17.0 Å². The SMILES string of the molecule is Cc1nn(Cc2cccc(F)c2)c(C)c1NC(=O)Cn1nnc2ccccc21. The lowest BCUT2D eigenvalue weighted by molar-refractivity contribution is -0.116. The van der Waals surface area contributed by atoms with Gasteiger partial charge in [-0.05, 0) is 43.7 Å². The first kappa shape index (κ1) is 17.8. The zero-order valence-corrected chi connectivity index (χ0v) is 15.6. The van der Waals surface area contributed by atoms with Crippen molar-refractivity contribution in [1.82, 2.24) is 24.8 Å². The van der Waals surface area contributed by atoms with Crippen LogP contribution in [0.15, 0.2) is 48.5 Å². The standard InChI is InChI=1S/C20H19FN6O/c1-13-20(14(2)26(24-13)11-15-6-5-7-16(21)10-15)22-19(28)12-27-18-9-4-3-8-17(18)23-25-27/h3-10H,11-12H2,1-2H3,(H,22,28). The molecular weight excluding hydrogens is 359 g/mol. The van der Waals surface area contributed by atoms with Gasteiger partial charge < -0.3 is 5.32 Å². The fourth-order valence-electron chi connectivity index (χ4n) is 3.19. The van der Waals surface area contributed by atoms with E-state index in [1.165, 1.54) is 12.1 Å². The molecule has 0 saturated heterocycles. The quantitative estimate of drug-likeness (QED) is 0.579. The molecule has 0 radical (unpaired) electrons. The van der Waals surface area contributed by atoms with Crippen LogP contribution in [-0.4, -0.2) is 30.7 Å². The zero-order chi connectivity index (χ0) is 19.7. The second-order valence-electron chi connectivity index (χ2n) is 6.62. The molecule has 0 aliphatic rings. The molecule has 0 fully saturated rings. The Bertz CT molecular complexity index is 1160. The molecule has 0 atom stereocenters. The lowest BCUT2D eigenvalue weighted by atomic mass is 10.2. The number of hydrogen-bond acceptors (Lipinski definition) is 4. The largest absolute Gasteiger partial charge is 0.321 e. The van der Waals surface area contributed by atoms with Gasteiger partial charge in [0.25, 0.3) is 0 Å². The molecule has 0 unspecified atom stereocenters. The van der Waals surface area contributed by atoms with Crippen molar-refractivity contribution in [3.8, 4) is 0 Å². The molecule has 4 rings (SSSR count). The van der Waals surface area contributed by atoms with Gasteiger partial charge in [0.2, 0.25) is 5.91 Å². The van der Waals surface area contributed by atoms with Crippen molar-refractivity contribution < 1.29 is 9.18 Å². The maximum Gasteiger partial charge on any atom is 0.246 e. The van der Waals surface area contributed by atoms with Crippen LogP contribution in [0.3, 0.4) is 0 Å². The highest BCUT2D eigenvalue weighted by Gasteiger charge is 2.16. The van der Waals surface area contributed by atoms with Crippen molar-refractivity contribution in [2.24, 2.45) is 0 Å². The number of carbonyl (C=O) groups is 1. The Hall–Kier alpha value is -3.55. The molecular formula is C20H19FN6O. The Labute approximate surface area is 160 Å². The minimum Gasteiger partial charge on any atom is -0.321 e. The zero-order valence-electron chi connectivity index (χ0n) is 15.6. The van der Waals surface area contributed by atoms with Gasteiger partial charge in [0.05, 0.1) is 29.1 Å². The second-order valence-corrected chi connectivity index (χ2v) is 6.62. The third-order valence-corrected chi connectivity index (χ3v) is 4.58. The molecule has 0 saturated carbocycles. The van der Waals surface area contributed by atoms with E-state index in [2.05, 4.69) is 20.7 Å². The Kier molecular flexibility index (Phi) is 4.60. The van der Waals surface area contributed by atoms with Crippen LogP contribution in [0.2, 0.25) is 0 Å². The molecule has 0 spiro atoms. The topological polar surface area (TPSA) is 77.6 Å². The fraction of sp³-hybridized carbons (Fsp3) is 0.200. The van der Waals surface area contributed by atoms with Crippen molar-refractivity contribution >= 4 is 22.6 Å². The highest BCUT2D eigenvalue weighted by molar-refractivity contribution is 5.92. The highest BCUT2D eigenvalue weighted by Crippen LogP contribution is 2.21. The van der Waals surface area contributed by atoms with Crippen molar-refractivity contribution in [2.45, 2.75) is 26.9 Å². The van der Waals surface area contributed by atoms with Gasteiger partial charge in [-0.25, -0.2) is 9.07 Å². The first-order valence-electron chi connectivity index (χ1n) is 8.88. The summed E-state index contributed by atoms with van der Waals surface area (Å²) < 4.78 is 16.7. The van der Waals surface area contributed by atoms with Gasteiger partial charge in [-0.1, -0.05) is 29.5 Å². The molecule has 2 aromatic heterocycles. The normalized spacial score (nSPS) is 11.1. The number of benzene rings is 2. The smallest absolute Gasteiger partial charge is 0.246 e. The van der Waals surface area contributed by atoms with E-state index < -0.39 is 0 Å². The number of carbonyl (C=O) groups excluding carboxylic acids is 1. The highest BCUT2D eigenvalue weighted by atomic mass is 19.1. The Morgan fingerprint density at radius 2 is 1.93 bits per heavy atom. The first-order valence-corrected chi connectivity index (χ1v) is 8.88. The number of rotatable bonds is 5. The second kappa shape index (κ2) is 7.22. The van der Waals surface area contributed by atoms with E-state index in [4.69, 9.17) is 0 Å². The van der Waals surface area contributed by atoms with Gasteiger partial charge in [0.15, 0.2) is 0 Å². The molecule has 4 aromatic rings. The molecule has 8 heteroatoms. The Morgan fingerprint density at radius 3 is 2.75 bits per heavy atom. The van der Waals surface area contributed by atoms with Gasteiger partial charge >= 0.3 is 0 Å². The minimum absolute atomic E-state index is 0.0501. The van der Waals surface area contributed by atoms with Gasteiger partial charge in [-0.2, -0.15) is 5.10 Å². The molecule has 2 aromatic carbocycles. The number of anilines is 1. The number of hydrogen-bond donors (Lipinski definition) is 1. The maximum absolute atomic E-state index is 13.4. The molecule has 0 aliphatic carbocycles. The van der Waals surface area contributed by atoms with Gasteiger partial charge in [-0.15, -0.1) is 5.10 Å². The van der Waals surface area contributed by atoms with Crippen LogP contribution in [-0.2, 0) is 17.9 Å². The van der Waals surface area contributed by atoms with E-state index in [1.807, 2.05) is 44.2 Å². The summed E-state index contributed by atoms with van der Waals surface area (Å²) in [7, 11) is 0. The van der Waals surface area contributed by atoms with Crippen LogP contribution in [0, 0.1) is 19.7 Å². The number of fused-ring (bicyclic) bond motifs is 1. The van der Waals surface area contributed by atoms with E-state index in [-0.39, 0.29) is 18.3 Å². The van der Waals surface area contributed by atoms with Crippen molar-refractivity contribution in [2.75, 3.05) is 5.32 Å². The summed E-state index contributed by atoms with van der Waals surface area (Å²) in [6.07, 6.45) is 0. The van der Waals surface area contributed by atoms with E-state index in [1.54, 1.807) is 15.4 Å². The minimum atomic E-state index is -0.285. The summed E-state index contributed by atoms with van der Waals surface area (Å²) in [5.41, 5.74) is 4.51. The van der Waals surface area contributed by atoms with Gasteiger partial charge in [0, 0.05) is 0 Å². The number of nitrogens with one attached hydrogen (secondary N) is 1. The predicted octanol–water partition coefficient (Wildman–Crippen LogP) is 3.07. The van der Waals surface area contributed by atoms with Crippen molar-refractivity contribution in [3.05, 3.63) is 71.3 Å². The molecule has 7 nitrogen and oxygen atoms in total. The van der Waals surface area contributed by atoms with Gasteiger partial charge in [0.1, 0.15) is 17.9 Å². The molecule has 1 amide bonds. The van der Waals surface area contributed by atoms with Crippen molar-refractivity contribution in [1.29, 1.82) is 0 Å². The molecule has 142 valence electrons. The Morgan fingerprint density at radius 1 is 1.11 bits per heavy atom. The van der Waals surface area contributed by atoms with Crippen LogP contribution >= 0.6 is 0 Å². The third-order valence-electron chi connectivity index (χ3n) is 4.58. The summed E-state index contributed by atoms with van der Waals surface area (Å²) >= 11 is 0. The average Bonchev–Trinajstić information content (AvgIpc) is 3.18.